The Morgan fingerprint density at radius 1 is 1.57 bits per heavy atom. The maximum absolute atomic E-state index is 10.8. The molecule has 1 aromatic carbocycles. The second-order valence-electron chi connectivity index (χ2n) is 2.87. The standard InChI is InChI=1S/C10H13NO3/c1-14-8-2-3-9(10(12)13)7(6-8)4-5-11/h2-3,6H,4-5,11H2,1H3,(H,12,13). The predicted molar refractivity (Wildman–Crippen MR) is 52.7 cm³/mol. The minimum absolute atomic E-state index is 0.288. The zero-order valence-corrected chi connectivity index (χ0v) is 7.99. The lowest BCUT2D eigenvalue weighted by Gasteiger charge is -2.07. The Kier molecular flexibility index (Phi) is 3.48. The number of hydrogen-bond acceptors (Lipinski definition) is 3. The largest absolute Gasteiger partial charge is 0.497 e. The number of ether oxygens (including phenoxy) is 1. The first-order valence-electron chi connectivity index (χ1n) is 4.29. The van der Waals surface area contributed by atoms with Gasteiger partial charge in [0.25, 0.3) is 0 Å². The smallest absolute Gasteiger partial charge is 0.335 e. The number of methoxy groups -OCH3 is 1. The van der Waals surface area contributed by atoms with Crippen LogP contribution in [0.15, 0.2) is 18.2 Å². The zero-order chi connectivity index (χ0) is 10.6. The summed E-state index contributed by atoms with van der Waals surface area (Å²) >= 11 is 0. The fourth-order valence-electron chi connectivity index (χ4n) is 1.27. The molecule has 0 amide bonds. The van der Waals surface area contributed by atoms with Crippen LogP contribution in [0.5, 0.6) is 5.75 Å². The maximum Gasteiger partial charge on any atom is 0.335 e. The second-order valence-corrected chi connectivity index (χ2v) is 2.87. The molecule has 14 heavy (non-hydrogen) atoms. The average Bonchev–Trinajstić information content (AvgIpc) is 2.17. The van der Waals surface area contributed by atoms with E-state index in [0.717, 1.165) is 0 Å². The molecule has 0 spiro atoms. The van der Waals surface area contributed by atoms with Crippen LogP contribution in [-0.2, 0) is 6.42 Å². The van der Waals surface area contributed by atoms with Crippen LogP contribution in [0.4, 0.5) is 0 Å². The van der Waals surface area contributed by atoms with Crippen LogP contribution in [0.1, 0.15) is 15.9 Å². The van der Waals surface area contributed by atoms with Crippen LogP contribution in [0.25, 0.3) is 0 Å². The lowest BCUT2D eigenvalue weighted by molar-refractivity contribution is 0.0695. The molecule has 0 fully saturated rings. The molecule has 0 atom stereocenters. The van der Waals surface area contributed by atoms with E-state index in [2.05, 4.69) is 0 Å². The van der Waals surface area contributed by atoms with Gasteiger partial charge in [-0.05, 0) is 36.7 Å². The number of carboxylic acid groups (broad SMARTS) is 1. The predicted octanol–water partition coefficient (Wildman–Crippen LogP) is 0.895. The van der Waals surface area contributed by atoms with Crippen molar-refractivity contribution in [3.8, 4) is 5.75 Å². The van der Waals surface area contributed by atoms with Crippen molar-refractivity contribution in [1.29, 1.82) is 0 Å². The molecule has 3 N–H and O–H groups in total. The van der Waals surface area contributed by atoms with Gasteiger partial charge in [-0.15, -0.1) is 0 Å². The summed E-state index contributed by atoms with van der Waals surface area (Å²) in [4.78, 5) is 10.8. The van der Waals surface area contributed by atoms with E-state index in [0.29, 0.717) is 24.3 Å². The van der Waals surface area contributed by atoms with E-state index in [1.165, 1.54) is 6.07 Å². The summed E-state index contributed by atoms with van der Waals surface area (Å²) in [7, 11) is 1.54. The molecule has 0 aliphatic heterocycles. The molecular weight excluding hydrogens is 182 g/mol. The van der Waals surface area contributed by atoms with Crippen molar-refractivity contribution < 1.29 is 14.6 Å². The van der Waals surface area contributed by atoms with E-state index in [9.17, 15) is 4.79 Å². The highest BCUT2D eigenvalue weighted by Crippen LogP contribution is 2.17. The van der Waals surface area contributed by atoms with Gasteiger partial charge in [0.05, 0.1) is 12.7 Å². The second kappa shape index (κ2) is 4.62. The van der Waals surface area contributed by atoms with Gasteiger partial charge in [0.15, 0.2) is 0 Å². The third kappa shape index (κ3) is 2.23. The zero-order valence-electron chi connectivity index (χ0n) is 7.99. The Labute approximate surface area is 82.3 Å². The van der Waals surface area contributed by atoms with Crippen LogP contribution in [0.2, 0.25) is 0 Å². The molecule has 0 aliphatic rings. The van der Waals surface area contributed by atoms with Crippen LogP contribution in [-0.4, -0.2) is 24.7 Å². The molecule has 0 bridgehead atoms. The van der Waals surface area contributed by atoms with Gasteiger partial charge in [0, 0.05) is 0 Å². The number of carbonyl (C=O) groups is 1. The van der Waals surface area contributed by atoms with E-state index < -0.39 is 5.97 Å². The highest BCUT2D eigenvalue weighted by atomic mass is 16.5. The third-order valence-electron chi connectivity index (χ3n) is 1.96. The van der Waals surface area contributed by atoms with Crippen molar-refractivity contribution in [2.45, 2.75) is 6.42 Å². The Balaban J connectivity index is 3.10. The molecule has 0 aliphatic carbocycles. The van der Waals surface area contributed by atoms with E-state index in [1.54, 1.807) is 19.2 Å². The molecule has 0 aromatic heterocycles. The quantitative estimate of drug-likeness (QED) is 0.748. The SMILES string of the molecule is COc1ccc(C(=O)O)c(CCN)c1. The minimum atomic E-state index is -0.934. The summed E-state index contributed by atoms with van der Waals surface area (Å²) in [5.74, 6) is -0.283. The van der Waals surface area contributed by atoms with Gasteiger partial charge in [0.1, 0.15) is 5.75 Å². The summed E-state index contributed by atoms with van der Waals surface area (Å²) in [6.07, 6.45) is 0.541. The topological polar surface area (TPSA) is 72.5 Å². The van der Waals surface area contributed by atoms with E-state index in [1.807, 2.05) is 0 Å². The summed E-state index contributed by atoms with van der Waals surface area (Å²) in [6, 6.07) is 4.87. The number of nitrogens with two attached hydrogens (primary N) is 1. The summed E-state index contributed by atoms with van der Waals surface area (Å²) in [5, 5.41) is 8.87. The van der Waals surface area contributed by atoms with E-state index in [4.69, 9.17) is 15.6 Å². The van der Waals surface area contributed by atoms with Crippen molar-refractivity contribution in [3.63, 3.8) is 0 Å². The van der Waals surface area contributed by atoms with Crippen molar-refractivity contribution in [2.24, 2.45) is 5.73 Å². The first-order chi connectivity index (χ1) is 6.69. The van der Waals surface area contributed by atoms with Crippen LogP contribution in [0.3, 0.4) is 0 Å². The number of carboxylic acids is 1. The lowest BCUT2D eigenvalue weighted by Crippen LogP contribution is -2.08. The first kappa shape index (κ1) is 10.5. The van der Waals surface area contributed by atoms with Crippen molar-refractivity contribution in [1.82, 2.24) is 0 Å². The Morgan fingerprint density at radius 3 is 2.79 bits per heavy atom. The molecule has 76 valence electrons. The van der Waals surface area contributed by atoms with Gasteiger partial charge in [-0.25, -0.2) is 4.79 Å². The Hall–Kier alpha value is -1.55. The molecule has 1 rings (SSSR count). The Bertz CT molecular complexity index is 336. The van der Waals surface area contributed by atoms with E-state index in [-0.39, 0.29) is 5.56 Å². The van der Waals surface area contributed by atoms with Crippen LogP contribution >= 0.6 is 0 Å². The summed E-state index contributed by atoms with van der Waals surface area (Å²) < 4.78 is 5.00. The molecule has 4 heteroatoms. The Morgan fingerprint density at radius 2 is 2.29 bits per heavy atom. The fourth-order valence-corrected chi connectivity index (χ4v) is 1.27. The number of hydrogen-bond donors (Lipinski definition) is 2. The van der Waals surface area contributed by atoms with Crippen molar-refractivity contribution in [2.75, 3.05) is 13.7 Å². The molecule has 0 saturated carbocycles. The van der Waals surface area contributed by atoms with Gasteiger partial charge < -0.3 is 15.6 Å². The molecule has 4 nitrogen and oxygen atoms in total. The molecule has 0 unspecified atom stereocenters. The van der Waals surface area contributed by atoms with Gasteiger partial charge in [-0.2, -0.15) is 0 Å². The normalized spacial score (nSPS) is 9.86. The molecular formula is C10H13NO3. The number of benzene rings is 1. The first-order valence-corrected chi connectivity index (χ1v) is 4.29. The van der Waals surface area contributed by atoms with Gasteiger partial charge in [-0.1, -0.05) is 0 Å². The maximum atomic E-state index is 10.8. The minimum Gasteiger partial charge on any atom is -0.497 e. The summed E-state index contributed by atoms with van der Waals surface area (Å²) in [5.41, 5.74) is 6.38. The summed E-state index contributed by atoms with van der Waals surface area (Å²) in [6.45, 7) is 0.424. The highest BCUT2D eigenvalue weighted by molar-refractivity contribution is 5.89. The average molecular weight is 195 g/mol. The molecule has 1 aromatic rings. The van der Waals surface area contributed by atoms with Crippen molar-refractivity contribution >= 4 is 5.97 Å². The fraction of sp³-hybridized carbons (Fsp3) is 0.300. The van der Waals surface area contributed by atoms with Gasteiger partial charge in [-0.3, -0.25) is 0 Å². The molecule has 0 radical (unpaired) electrons. The van der Waals surface area contributed by atoms with Crippen LogP contribution < -0.4 is 10.5 Å². The van der Waals surface area contributed by atoms with Gasteiger partial charge >= 0.3 is 5.97 Å². The van der Waals surface area contributed by atoms with Gasteiger partial charge in [0.2, 0.25) is 0 Å². The molecule has 0 saturated heterocycles. The van der Waals surface area contributed by atoms with Crippen LogP contribution in [0, 0.1) is 0 Å². The highest BCUT2D eigenvalue weighted by Gasteiger charge is 2.09. The van der Waals surface area contributed by atoms with Crippen molar-refractivity contribution in [3.05, 3.63) is 29.3 Å². The third-order valence-corrected chi connectivity index (χ3v) is 1.96. The lowest BCUT2D eigenvalue weighted by atomic mass is 10.0. The molecule has 0 heterocycles. The number of aromatic carboxylic acids is 1. The van der Waals surface area contributed by atoms with E-state index >= 15 is 0 Å². The number of rotatable bonds is 4. The monoisotopic (exact) mass is 195 g/mol.